The minimum absolute atomic E-state index is 0.0791. The van der Waals surface area contributed by atoms with Gasteiger partial charge in [-0.25, -0.2) is 0 Å². The van der Waals surface area contributed by atoms with Crippen LogP contribution in [0.1, 0.15) is 49.7 Å². The smallest absolute Gasteiger partial charge is 0.255 e. The second-order valence-corrected chi connectivity index (χ2v) is 5.78. The predicted molar refractivity (Wildman–Crippen MR) is 83.1 cm³/mol. The van der Waals surface area contributed by atoms with Crippen LogP contribution in [0.25, 0.3) is 0 Å². The summed E-state index contributed by atoms with van der Waals surface area (Å²) in [4.78, 5) is 27.6. The Kier molecular flexibility index (Phi) is 5.69. The van der Waals surface area contributed by atoms with Crippen molar-refractivity contribution >= 4 is 17.5 Å². The Morgan fingerprint density at radius 3 is 2.62 bits per heavy atom. The van der Waals surface area contributed by atoms with Crippen molar-refractivity contribution in [3.05, 3.63) is 23.5 Å². The summed E-state index contributed by atoms with van der Waals surface area (Å²) in [6, 6.07) is 1.84. The van der Waals surface area contributed by atoms with Crippen LogP contribution < -0.4 is 16.4 Å². The summed E-state index contributed by atoms with van der Waals surface area (Å²) in [6.07, 6.45) is 2.58. The molecule has 0 fully saturated rings. The van der Waals surface area contributed by atoms with Crippen molar-refractivity contribution < 1.29 is 9.59 Å². The molecule has 6 heteroatoms. The fraction of sp³-hybridized carbons (Fsp3) is 0.533. The van der Waals surface area contributed by atoms with Crippen LogP contribution in [0.2, 0.25) is 0 Å². The number of amides is 2. The molecule has 6 nitrogen and oxygen atoms in total. The largest absolute Gasteiger partial charge is 0.384 e. The summed E-state index contributed by atoms with van der Waals surface area (Å²) in [5, 5.41) is 6.04. The number of pyridine rings is 1. The monoisotopic (exact) mass is 292 g/mol. The molecule has 0 bridgehead atoms. The quantitative estimate of drug-likeness (QED) is 0.711. The molecule has 0 radical (unpaired) electrons. The fourth-order valence-corrected chi connectivity index (χ4v) is 2.00. The summed E-state index contributed by atoms with van der Waals surface area (Å²) >= 11 is 0. The maximum atomic E-state index is 12.4. The summed E-state index contributed by atoms with van der Waals surface area (Å²) in [5.41, 5.74) is 6.54. The molecule has 0 aliphatic rings. The highest BCUT2D eigenvalue weighted by molar-refractivity contribution is 6.00. The van der Waals surface area contributed by atoms with Crippen molar-refractivity contribution in [1.82, 2.24) is 10.3 Å². The topological polar surface area (TPSA) is 97.1 Å². The third-order valence-electron chi connectivity index (χ3n) is 2.92. The molecular formula is C15H24N4O2. The maximum absolute atomic E-state index is 12.4. The first kappa shape index (κ1) is 16.9. The van der Waals surface area contributed by atoms with Crippen molar-refractivity contribution in [2.45, 2.75) is 46.1 Å². The zero-order chi connectivity index (χ0) is 16.0. The molecule has 0 saturated carbocycles. The molecule has 0 spiro atoms. The van der Waals surface area contributed by atoms with E-state index in [2.05, 4.69) is 22.5 Å². The number of carbonyl (C=O) groups is 2. The van der Waals surface area contributed by atoms with Gasteiger partial charge in [0.05, 0.1) is 11.3 Å². The van der Waals surface area contributed by atoms with Crippen LogP contribution in [0, 0.1) is 6.92 Å². The molecule has 1 aromatic heterocycles. The number of anilines is 1. The van der Waals surface area contributed by atoms with Crippen LogP contribution in [0.5, 0.6) is 0 Å². The van der Waals surface area contributed by atoms with Gasteiger partial charge in [0.25, 0.3) is 5.91 Å². The molecule has 0 aromatic carbocycles. The van der Waals surface area contributed by atoms with Gasteiger partial charge < -0.3 is 16.4 Å². The van der Waals surface area contributed by atoms with Crippen LogP contribution in [0.15, 0.2) is 12.3 Å². The van der Waals surface area contributed by atoms with Crippen LogP contribution >= 0.6 is 0 Å². The summed E-state index contributed by atoms with van der Waals surface area (Å²) in [6.45, 7) is 8.22. The Labute approximate surface area is 125 Å². The third-order valence-corrected chi connectivity index (χ3v) is 2.92. The summed E-state index contributed by atoms with van der Waals surface area (Å²) in [7, 11) is 0. The zero-order valence-corrected chi connectivity index (χ0v) is 13.1. The first-order chi connectivity index (χ1) is 9.75. The average Bonchev–Trinajstić information content (AvgIpc) is 2.33. The Morgan fingerprint density at radius 1 is 1.38 bits per heavy atom. The minimum Gasteiger partial charge on any atom is -0.384 e. The molecule has 1 heterocycles. The second-order valence-electron chi connectivity index (χ2n) is 5.78. The van der Waals surface area contributed by atoms with Crippen LogP contribution in [-0.4, -0.2) is 28.9 Å². The molecule has 0 aliphatic carbocycles. The number of carbonyl (C=O) groups excluding carboxylic acids is 2. The highest BCUT2D eigenvalue weighted by Crippen LogP contribution is 2.18. The first-order valence-electron chi connectivity index (χ1n) is 7.06. The molecule has 0 saturated heterocycles. The number of hydrogen-bond acceptors (Lipinski definition) is 4. The lowest BCUT2D eigenvalue weighted by molar-refractivity contribution is -0.119. The summed E-state index contributed by atoms with van der Waals surface area (Å²) < 4.78 is 0. The molecule has 21 heavy (non-hydrogen) atoms. The molecule has 1 aromatic rings. The van der Waals surface area contributed by atoms with Crippen molar-refractivity contribution in [1.29, 1.82) is 0 Å². The van der Waals surface area contributed by atoms with Crippen molar-refractivity contribution in [3.8, 4) is 0 Å². The van der Waals surface area contributed by atoms with Crippen molar-refractivity contribution in [2.24, 2.45) is 5.73 Å². The van der Waals surface area contributed by atoms with Crippen molar-refractivity contribution in [3.63, 3.8) is 0 Å². The SMILES string of the molecule is CCCNc1cc(C)ncc1C(=O)NC(C)(C)CC(N)=O. The van der Waals surface area contributed by atoms with Gasteiger partial charge in [-0.05, 0) is 33.3 Å². The number of nitrogens with one attached hydrogen (secondary N) is 2. The van der Waals surface area contributed by atoms with Gasteiger partial charge in [0.15, 0.2) is 0 Å². The van der Waals surface area contributed by atoms with Crippen LogP contribution in [0.4, 0.5) is 5.69 Å². The van der Waals surface area contributed by atoms with Crippen molar-refractivity contribution in [2.75, 3.05) is 11.9 Å². The number of rotatable bonds is 7. The molecule has 0 unspecified atom stereocenters. The number of nitrogens with two attached hydrogens (primary N) is 1. The average molecular weight is 292 g/mol. The number of aromatic nitrogens is 1. The van der Waals surface area contributed by atoms with Gasteiger partial charge >= 0.3 is 0 Å². The zero-order valence-electron chi connectivity index (χ0n) is 13.1. The lowest BCUT2D eigenvalue weighted by Gasteiger charge is -2.25. The third kappa shape index (κ3) is 5.41. The van der Waals surface area contributed by atoms with E-state index >= 15 is 0 Å². The number of primary amides is 1. The standard InChI is InChI=1S/C15H24N4O2/c1-5-6-17-12-7-10(2)18-9-11(12)14(21)19-15(3,4)8-13(16)20/h7,9H,5-6,8H2,1-4H3,(H2,16,20)(H,17,18)(H,19,21). The first-order valence-corrected chi connectivity index (χ1v) is 7.06. The van der Waals surface area contributed by atoms with Gasteiger partial charge in [-0.1, -0.05) is 6.92 Å². The van der Waals surface area contributed by atoms with E-state index in [0.29, 0.717) is 5.56 Å². The lowest BCUT2D eigenvalue weighted by Crippen LogP contribution is -2.46. The Balaban J connectivity index is 2.93. The molecular weight excluding hydrogens is 268 g/mol. The van der Waals surface area contributed by atoms with Crippen LogP contribution in [-0.2, 0) is 4.79 Å². The molecule has 1 rings (SSSR count). The van der Waals surface area contributed by atoms with E-state index in [0.717, 1.165) is 24.3 Å². The normalized spacial score (nSPS) is 11.0. The van der Waals surface area contributed by atoms with Crippen LogP contribution in [0.3, 0.4) is 0 Å². The predicted octanol–water partition coefficient (Wildman–Crippen LogP) is 1.60. The van der Waals surface area contributed by atoms with Gasteiger partial charge in [-0.2, -0.15) is 0 Å². The van der Waals surface area contributed by atoms with E-state index < -0.39 is 11.4 Å². The number of hydrogen-bond donors (Lipinski definition) is 3. The number of nitrogens with zero attached hydrogens (tertiary/aromatic N) is 1. The second kappa shape index (κ2) is 7.06. The van der Waals surface area contributed by atoms with Gasteiger partial charge in [-0.3, -0.25) is 14.6 Å². The maximum Gasteiger partial charge on any atom is 0.255 e. The fourth-order valence-electron chi connectivity index (χ4n) is 2.00. The Morgan fingerprint density at radius 2 is 2.05 bits per heavy atom. The number of aryl methyl sites for hydroxylation is 1. The van der Waals surface area contributed by atoms with E-state index in [9.17, 15) is 9.59 Å². The molecule has 0 aliphatic heterocycles. The van der Waals surface area contributed by atoms with Gasteiger partial charge in [-0.15, -0.1) is 0 Å². The summed E-state index contributed by atoms with van der Waals surface area (Å²) in [5.74, 6) is -0.723. The molecule has 2 amide bonds. The Hall–Kier alpha value is -2.11. The molecule has 0 atom stereocenters. The lowest BCUT2D eigenvalue weighted by atomic mass is 9.99. The van der Waals surface area contributed by atoms with Gasteiger partial charge in [0.1, 0.15) is 0 Å². The molecule has 4 N–H and O–H groups in total. The molecule has 116 valence electrons. The minimum atomic E-state index is -0.699. The Bertz CT molecular complexity index is 526. The highest BCUT2D eigenvalue weighted by Gasteiger charge is 2.24. The van der Waals surface area contributed by atoms with E-state index in [1.54, 1.807) is 20.0 Å². The van der Waals surface area contributed by atoms with Gasteiger partial charge in [0.2, 0.25) is 5.91 Å². The van der Waals surface area contributed by atoms with E-state index in [-0.39, 0.29) is 12.3 Å². The van der Waals surface area contributed by atoms with Gasteiger partial charge in [0, 0.05) is 30.4 Å². The van der Waals surface area contributed by atoms with E-state index in [4.69, 9.17) is 5.73 Å². The van der Waals surface area contributed by atoms with E-state index in [1.165, 1.54) is 0 Å². The highest BCUT2D eigenvalue weighted by atomic mass is 16.2. The van der Waals surface area contributed by atoms with E-state index in [1.807, 2.05) is 13.0 Å².